The lowest BCUT2D eigenvalue weighted by molar-refractivity contribution is -0.133. The van der Waals surface area contributed by atoms with Crippen LogP contribution in [0.1, 0.15) is 12.5 Å². The van der Waals surface area contributed by atoms with Gasteiger partial charge < -0.3 is 19.9 Å². The minimum atomic E-state index is -1.06. The first-order valence-electron chi connectivity index (χ1n) is 6.40. The number of aromatic nitrogens is 1. The SMILES string of the molecule is COCCOC1=NC(C)(c2cccnc2)C(C(=O)O)=CN1. The fraction of sp³-hybridized carbons (Fsp3) is 0.357. The van der Waals surface area contributed by atoms with Crippen molar-refractivity contribution in [1.29, 1.82) is 0 Å². The minimum Gasteiger partial charge on any atom is -0.478 e. The van der Waals surface area contributed by atoms with Crippen LogP contribution in [-0.2, 0) is 19.8 Å². The average molecular weight is 291 g/mol. The van der Waals surface area contributed by atoms with Crippen LogP contribution in [0, 0.1) is 0 Å². The molecule has 112 valence electrons. The summed E-state index contributed by atoms with van der Waals surface area (Å²) in [6, 6.07) is 3.78. The van der Waals surface area contributed by atoms with Gasteiger partial charge in [-0.05, 0) is 13.0 Å². The molecule has 1 unspecified atom stereocenters. The van der Waals surface area contributed by atoms with Gasteiger partial charge in [0.1, 0.15) is 12.1 Å². The summed E-state index contributed by atoms with van der Waals surface area (Å²) < 4.78 is 10.3. The van der Waals surface area contributed by atoms with Gasteiger partial charge in [0.25, 0.3) is 6.02 Å². The maximum atomic E-state index is 11.5. The molecule has 1 aliphatic heterocycles. The highest BCUT2D eigenvalue weighted by Crippen LogP contribution is 2.34. The number of pyridine rings is 1. The zero-order valence-corrected chi connectivity index (χ0v) is 11.9. The third-order valence-electron chi connectivity index (χ3n) is 3.17. The number of aliphatic carboxylic acids is 1. The van der Waals surface area contributed by atoms with Gasteiger partial charge in [-0.25, -0.2) is 9.79 Å². The Kier molecular flexibility index (Phi) is 4.54. The maximum absolute atomic E-state index is 11.5. The number of carbonyl (C=O) groups is 1. The number of nitrogens with one attached hydrogen (secondary N) is 1. The van der Waals surface area contributed by atoms with Crippen LogP contribution >= 0.6 is 0 Å². The Morgan fingerprint density at radius 1 is 1.48 bits per heavy atom. The zero-order chi connectivity index (χ0) is 15.3. The molecule has 1 atom stereocenters. The van der Waals surface area contributed by atoms with Crippen LogP contribution in [0.3, 0.4) is 0 Å². The van der Waals surface area contributed by atoms with E-state index in [1.165, 1.54) is 6.20 Å². The molecule has 0 spiro atoms. The molecule has 1 aromatic heterocycles. The monoisotopic (exact) mass is 291 g/mol. The summed E-state index contributed by atoms with van der Waals surface area (Å²) in [7, 11) is 1.57. The lowest BCUT2D eigenvalue weighted by Crippen LogP contribution is -2.38. The average Bonchev–Trinajstić information content (AvgIpc) is 2.48. The van der Waals surface area contributed by atoms with E-state index in [0.29, 0.717) is 18.8 Å². The molecule has 2 heterocycles. The Morgan fingerprint density at radius 3 is 2.90 bits per heavy atom. The van der Waals surface area contributed by atoms with Crippen molar-refractivity contribution in [3.05, 3.63) is 41.9 Å². The summed E-state index contributed by atoms with van der Waals surface area (Å²) in [5, 5.41) is 12.1. The van der Waals surface area contributed by atoms with Gasteiger partial charge in [-0.3, -0.25) is 4.98 Å². The minimum absolute atomic E-state index is 0.120. The van der Waals surface area contributed by atoms with Crippen molar-refractivity contribution in [1.82, 2.24) is 10.3 Å². The van der Waals surface area contributed by atoms with Gasteiger partial charge >= 0.3 is 5.97 Å². The van der Waals surface area contributed by atoms with Crippen LogP contribution in [0.2, 0.25) is 0 Å². The molecule has 0 saturated carbocycles. The second kappa shape index (κ2) is 6.36. The maximum Gasteiger partial charge on any atom is 0.335 e. The van der Waals surface area contributed by atoms with Crippen molar-refractivity contribution in [2.24, 2.45) is 4.99 Å². The van der Waals surface area contributed by atoms with E-state index in [2.05, 4.69) is 15.3 Å². The Hall–Kier alpha value is -2.41. The highest BCUT2D eigenvalue weighted by Gasteiger charge is 2.38. The van der Waals surface area contributed by atoms with Gasteiger partial charge in [-0.1, -0.05) is 6.07 Å². The largest absolute Gasteiger partial charge is 0.478 e. The predicted octanol–water partition coefficient (Wildman–Crippen LogP) is 0.887. The molecule has 1 aliphatic rings. The zero-order valence-electron chi connectivity index (χ0n) is 11.9. The third kappa shape index (κ3) is 3.19. The lowest BCUT2D eigenvalue weighted by Gasteiger charge is -2.30. The first kappa shape index (κ1) is 15.0. The number of nitrogens with zero attached hydrogens (tertiary/aromatic N) is 2. The Bertz CT molecular complexity index is 571. The van der Waals surface area contributed by atoms with E-state index in [0.717, 1.165) is 0 Å². The van der Waals surface area contributed by atoms with Crippen molar-refractivity contribution in [3.8, 4) is 0 Å². The molecule has 0 fully saturated rings. The first-order valence-corrected chi connectivity index (χ1v) is 6.40. The molecule has 2 rings (SSSR count). The van der Waals surface area contributed by atoms with E-state index in [1.807, 2.05) is 0 Å². The second-order valence-corrected chi connectivity index (χ2v) is 4.58. The topological polar surface area (TPSA) is 93.0 Å². The van der Waals surface area contributed by atoms with E-state index in [1.54, 1.807) is 38.6 Å². The molecule has 7 nitrogen and oxygen atoms in total. The molecule has 21 heavy (non-hydrogen) atoms. The molecule has 2 N–H and O–H groups in total. The molecule has 0 saturated heterocycles. The highest BCUT2D eigenvalue weighted by atomic mass is 16.5. The summed E-state index contributed by atoms with van der Waals surface area (Å²) in [4.78, 5) is 19.9. The van der Waals surface area contributed by atoms with Crippen LogP contribution in [0.25, 0.3) is 0 Å². The normalized spacial score (nSPS) is 21.0. The standard InChI is InChI=1S/C14H17N3O4/c1-14(10-4-3-5-15-8-10)11(12(18)19)9-16-13(17-14)21-7-6-20-2/h3-5,8-9H,6-7H2,1-2H3,(H,16,17)(H,18,19). The summed E-state index contributed by atoms with van der Waals surface area (Å²) in [5.74, 6) is -1.05. The van der Waals surface area contributed by atoms with Crippen molar-refractivity contribution >= 4 is 12.0 Å². The van der Waals surface area contributed by atoms with Crippen LogP contribution in [-0.4, -0.2) is 42.4 Å². The highest BCUT2D eigenvalue weighted by molar-refractivity contribution is 5.93. The number of aliphatic imine (C=N–C) groups is 1. The summed E-state index contributed by atoms with van der Waals surface area (Å²) in [6.45, 7) is 2.45. The molecule has 0 aromatic carbocycles. The number of methoxy groups -OCH3 is 1. The van der Waals surface area contributed by atoms with Gasteiger partial charge in [-0.2, -0.15) is 0 Å². The summed E-state index contributed by atoms with van der Waals surface area (Å²) in [6.07, 6.45) is 4.61. The molecule has 1 aromatic rings. The fourth-order valence-corrected chi connectivity index (χ4v) is 2.01. The smallest absolute Gasteiger partial charge is 0.335 e. The molecule has 7 heteroatoms. The Morgan fingerprint density at radius 2 is 2.29 bits per heavy atom. The van der Waals surface area contributed by atoms with Crippen LogP contribution in [0.4, 0.5) is 0 Å². The molecule has 0 radical (unpaired) electrons. The van der Waals surface area contributed by atoms with Crippen molar-refractivity contribution in [2.45, 2.75) is 12.5 Å². The van der Waals surface area contributed by atoms with E-state index < -0.39 is 11.5 Å². The van der Waals surface area contributed by atoms with Crippen molar-refractivity contribution in [2.75, 3.05) is 20.3 Å². The summed E-state index contributed by atoms with van der Waals surface area (Å²) >= 11 is 0. The van der Waals surface area contributed by atoms with Crippen molar-refractivity contribution < 1.29 is 19.4 Å². The lowest BCUT2D eigenvalue weighted by atomic mass is 9.85. The van der Waals surface area contributed by atoms with Crippen LogP contribution < -0.4 is 5.32 Å². The number of carboxylic acid groups (broad SMARTS) is 1. The molecule has 0 amide bonds. The van der Waals surface area contributed by atoms with E-state index in [9.17, 15) is 9.90 Å². The first-order chi connectivity index (χ1) is 10.1. The van der Waals surface area contributed by atoms with E-state index in [-0.39, 0.29) is 11.6 Å². The third-order valence-corrected chi connectivity index (χ3v) is 3.17. The van der Waals surface area contributed by atoms with E-state index in [4.69, 9.17) is 9.47 Å². The van der Waals surface area contributed by atoms with Crippen molar-refractivity contribution in [3.63, 3.8) is 0 Å². The molecular weight excluding hydrogens is 274 g/mol. The quantitative estimate of drug-likeness (QED) is 0.783. The molecular formula is C14H17N3O4. The Balaban J connectivity index is 2.33. The number of hydrogen-bond acceptors (Lipinski definition) is 6. The second-order valence-electron chi connectivity index (χ2n) is 4.58. The predicted molar refractivity (Wildman–Crippen MR) is 75.7 cm³/mol. The number of amidine groups is 1. The number of rotatable bonds is 5. The van der Waals surface area contributed by atoms with Gasteiger partial charge in [0.15, 0.2) is 0 Å². The Labute approximate surface area is 122 Å². The van der Waals surface area contributed by atoms with Gasteiger partial charge in [-0.15, -0.1) is 0 Å². The van der Waals surface area contributed by atoms with Gasteiger partial charge in [0.05, 0.1) is 12.2 Å². The molecule has 0 aliphatic carbocycles. The number of ether oxygens (including phenoxy) is 2. The van der Waals surface area contributed by atoms with E-state index >= 15 is 0 Å². The number of hydrogen-bond donors (Lipinski definition) is 2. The summed E-state index contributed by atoms with van der Waals surface area (Å²) in [5.41, 5.74) is -0.268. The molecule has 0 bridgehead atoms. The van der Waals surface area contributed by atoms with Gasteiger partial charge in [0, 0.05) is 31.3 Å². The number of carboxylic acids is 1. The fourth-order valence-electron chi connectivity index (χ4n) is 2.01. The van der Waals surface area contributed by atoms with Gasteiger partial charge in [0.2, 0.25) is 0 Å². The van der Waals surface area contributed by atoms with Crippen LogP contribution in [0.5, 0.6) is 0 Å². The van der Waals surface area contributed by atoms with Crippen LogP contribution in [0.15, 0.2) is 41.3 Å².